The maximum absolute atomic E-state index is 11.2. The first kappa shape index (κ1) is 13.1. The molecular formula is C14H8BrClN2O2. The average Bonchev–Trinajstić information content (AvgIpc) is 2.85. The molecule has 1 heterocycles. The lowest BCUT2D eigenvalue weighted by Crippen LogP contribution is -1.98. The summed E-state index contributed by atoms with van der Waals surface area (Å²) in [6.07, 6.45) is 1.57. The molecule has 0 spiro atoms. The van der Waals surface area contributed by atoms with Gasteiger partial charge in [0.25, 0.3) is 0 Å². The molecule has 0 amide bonds. The first-order valence-corrected chi connectivity index (χ1v) is 6.90. The zero-order valence-electron chi connectivity index (χ0n) is 10.0. The summed E-state index contributed by atoms with van der Waals surface area (Å²) in [6.45, 7) is 0. The number of hydrogen-bond acceptors (Lipinski definition) is 2. The molecule has 0 aliphatic rings. The second-order valence-electron chi connectivity index (χ2n) is 4.19. The Balaban J connectivity index is 2.31. The summed E-state index contributed by atoms with van der Waals surface area (Å²) in [5, 5.41) is 9.74. The third-order valence-corrected chi connectivity index (χ3v) is 3.79. The molecule has 6 heteroatoms. The number of aromatic nitrogens is 2. The lowest BCUT2D eigenvalue weighted by molar-refractivity contribution is 0.0699. The average molecular weight is 352 g/mol. The summed E-state index contributed by atoms with van der Waals surface area (Å²) in [5.74, 6) is -0.999. The van der Waals surface area contributed by atoms with Crippen LogP contribution in [0.3, 0.4) is 0 Å². The third kappa shape index (κ3) is 2.09. The maximum Gasteiger partial charge on any atom is 0.337 e. The van der Waals surface area contributed by atoms with Crippen molar-refractivity contribution in [1.82, 2.24) is 9.55 Å². The number of hydrogen-bond donors (Lipinski definition) is 1. The van der Waals surface area contributed by atoms with Crippen LogP contribution in [0.2, 0.25) is 5.02 Å². The second kappa shape index (κ2) is 4.92. The van der Waals surface area contributed by atoms with E-state index in [4.69, 9.17) is 11.6 Å². The molecule has 100 valence electrons. The minimum Gasteiger partial charge on any atom is -0.478 e. The summed E-state index contributed by atoms with van der Waals surface area (Å²) in [6, 6.07) is 10.5. The quantitative estimate of drug-likeness (QED) is 0.755. The molecular weight excluding hydrogens is 344 g/mol. The fraction of sp³-hybridized carbons (Fsp3) is 0. The number of carboxylic acids is 1. The highest BCUT2D eigenvalue weighted by molar-refractivity contribution is 9.10. The first-order chi connectivity index (χ1) is 9.58. The molecule has 1 N–H and O–H groups in total. The lowest BCUT2D eigenvalue weighted by Gasteiger charge is -2.07. The van der Waals surface area contributed by atoms with Gasteiger partial charge in [-0.25, -0.2) is 9.78 Å². The van der Waals surface area contributed by atoms with Gasteiger partial charge >= 0.3 is 5.97 Å². The van der Waals surface area contributed by atoms with E-state index in [0.717, 1.165) is 10.2 Å². The summed E-state index contributed by atoms with van der Waals surface area (Å²) in [4.78, 5) is 15.4. The van der Waals surface area contributed by atoms with E-state index >= 15 is 0 Å². The highest BCUT2D eigenvalue weighted by Gasteiger charge is 2.14. The Labute approximate surface area is 127 Å². The monoisotopic (exact) mass is 350 g/mol. The Morgan fingerprint density at radius 2 is 2.10 bits per heavy atom. The van der Waals surface area contributed by atoms with Gasteiger partial charge in [-0.1, -0.05) is 33.6 Å². The number of carboxylic acid groups (broad SMARTS) is 1. The SMILES string of the molecule is O=C(O)c1cccc2c1ncn2-c1cc(Br)ccc1Cl. The molecule has 0 saturated heterocycles. The molecule has 0 fully saturated rings. The number of fused-ring (bicyclic) bond motifs is 1. The number of para-hydroxylation sites is 1. The van der Waals surface area contributed by atoms with Crippen molar-refractivity contribution in [1.29, 1.82) is 0 Å². The van der Waals surface area contributed by atoms with E-state index in [2.05, 4.69) is 20.9 Å². The van der Waals surface area contributed by atoms with Crippen LogP contribution in [-0.4, -0.2) is 20.6 Å². The number of benzene rings is 2. The number of imidazole rings is 1. The first-order valence-electron chi connectivity index (χ1n) is 5.72. The molecule has 1 aromatic heterocycles. The van der Waals surface area contributed by atoms with Crippen LogP contribution in [0.15, 0.2) is 47.2 Å². The summed E-state index contributed by atoms with van der Waals surface area (Å²) >= 11 is 9.60. The van der Waals surface area contributed by atoms with Crippen LogP contribution in [0.1, 0.15) is 10.4 Å². The maximum atomic E-state index is 11.2. The van der Waals surface area contributed by atoms with Crippen LogP contribution >= 0.6 is 27.5 Å². The molecule has 0 radical (unpaired) electrons. The van der Waals surface area contributed by atoms with Gasteiger partial charge < -0.3 is 5.11 Å². The standard InChI is InChI=1S/C14H8BrClN2O2/c15-8-4-5-10(16)12(6-8)18-7-17-13-9(14(19)20)2-1-3-11(13)18/h1-7H,(H,19,20). The van der Waals surface area contributed by atoms with E-state index in [-0.39, 0.29) is 5.56 Å². The van der Waals surface area contributed by atoms with Crippen molar-refractivity contribution >= 4 is 44.5 Å². The van der Waals surface area contributed by atoms with Gasteiger partial charge in [0, 0.05) is 4.47 Å². The molecule has 0 aliphatic carbocycles. The predicted octanol–water partition coefficient (Wildman–Crippen LogP) is 4.14. The molecule has 20 heavy (non-hydrogen) atoms. The Morgan fingerprint density at radius 1 is 1.30 bits per heavy atom. The number of aromatic carboxylic acids is 1. The van der Waals surface area contributed by atoms with Gasteiger partial charge in [-0.15, -0.1) is 0 Å². The van der Waals surface area contributed by atoms with Crippen LogP contribution in [0.4, 0.5) is 0 Å². The topological polar surface area (TPSA) is 55.1 Å². The Bertz CT molecular complexity index is 829. The predicted molar refractivity (Wildman–Crippen MR) is 80.7 cm³/mol. The van der Waals surface area contributed by atoms with Crippen LogP contribution in [-0.2, 0) is 0 Å². The smallest absolute Gasteiger partial charge is 0.337 e. The van der Waals surface area contributed by atoms with Gasteiger partial charge in [0.15, 0.2) is 0 Å². The van der Waals surface area contributed by atoms with E-state index in [1.807, 2.05) is 18.2 Å². The van der Waals surface area contributed by atoms with E-state index in [9.17, 15) is 9.90 Å². The molecule has 0 unspecified atom stereocenters. The highest BCUT2D eigenvalue weighted by Crippen LogP contribution is 2.28. The molecule has 3 rings (SSSR count). The van der Waals surface area contributed by atoms with Crippen molar-refractivity contribution in [3.63, 3.8) is 0 Å². The minimum absolute atomic E-state index is 0.173. The van der Waals surface area contributed by atoms with Gasteiger partial charge in [0.2, 0.25) is 0 Å². The van der Waals surface area contributed by atoms with Crippen molar-refractivity contribution < 1.29 is 9.90 Å². The van der Waals surface area contributed by atoms with Crippen LogP contribution in [0.5, 0.6) is 0 Å². The van der Waals surface area contributed by atoms with Gasteiger partial charge in [-0.05, 0) is 30.3 Å². The Kier molecular flexibility index (Phi) is 3.23. The Morgan fingerprint density at radius 3 is 2.85 bits per heavy atom. The molecule has 3 aromatic rings. The van der Waals surface area contributed by atoms with E-state index in [1.165, 1.54) is 6.07 Å². The van der Waals surface area contributed by atoms with Crippen LogP contribution in [0, 0.1) is 0 Å². The normalized spacial score (nSPS) is 10.9. The summed E-state index contributed by atoms with van der Waals surface area (Å²) in [5.41, 5.74) is 2.05. The van der Waals surface area contributed by atoms with E-state index < -0.39 is 5.97 Å². The number of rotatable bonds is 2. The number of nitrogens with zero attached hydrogens (tertiary/aromatic N) is 2. The number of carbonyl (C=O) groups is 1. The van der Waals surface area contributed by atoms with Gasteiger partial charge in [0.05, 0.1) is 21.8 Å². The van der Waals surface area contributed by atoms with Crippen LogP contribution < -0.4 is 0 Å². The van der Waals surface area contributed by atoms with E-state index in [1.54, 1.807) is 23.0 Å². The summed E-state index contributed by atoms with van der Waals surface area (Å²) < 4.78 is 2.66. The van der Waals surface area contributed by atoms with Crippen LogP contribution in [0.25, 0.3) is 16.7 Å². The largest absolute Gasteiger partial charge is 0.478 e. The molecule has 0 atom stereocenters. The van der Waals surface area contributed by atoms with Crippen molar-refractivity contribution in [2.24, 2.45) is 0 Å². The zero-order chi connectivity index (χ0) is 14.3. The number of halogens is 2. The van der Waals surface area contributed by atoms with Crippen molar-refractivity contribution in [3.8, 4) is 5.69 Å². The lowest BCUT2D eigenvalue weighted by atomic mass is 10.2. The van der Waals surface area contributed by atoms with Gasteiger partial charge in [0.1, 0.15) is 11.8 Å². The van der Waals surface area contributed by atoms with Crippen molar-refractivity contribution in [3.05, 3.63) is 57.8 Å². The molecule has 0 bridgehead atoms. The summed E-state index contributed by atoms with van der Waals surface area (Å²) in [7, 11) is 0. The van der Waals surface area contributed by atoms with E-state index in [0.29, 0.717) is 16.1 Å². The highest BCUT2D eigenvalue weighted by atomic mass is 79.9. The molecule has 4 nitrogen and oxygen atoms in total. The Hall–Kier alpha value is -1.85. The van der Waals surface area contributed by atoms with Gasteiger partial charge in [-0.2, -0.15) is 0 Å². The van der Waals surface area contributed by atoms with Crippen molar-refractivity contribution in [2.75, 3.05) is 0 Å². The molecule has 2 aromatic carbocycles. The third-order valence-electron chi connectivity index (χ3n) is 2.97. The zero-order valence-corrected chi connectivity index (χ0v) is 12.4. The van der Waals surface area contributed by atoms with Crippen molar-refractivity contribution in [2.45, 2.75) is 0 Å². The minimum atomic E-state index is -0.999. The fourth-order valence-electron chi connectivity index (χ4n) is 2.07. The molecule has 0 saturated carbocycles. The van der Waals surface area contributed by atoms with Gasteiger partial charge in [-0.3, -0.25) is 4.57 Å². The second-order valence-corrected chi connectivity index (χ2v) is 5.51. The fourth-order valence-corrected chi connectivity index (χ4v) is 2.63. The molecule has 0 aliphatic heterocycles.